The molecule has 0 aromatic carbocycles. The molecule has 0 fully saturated rings. The van der Waals surface area contributed by atoms with Crippen molar-refractivity contribution in [2.75, 3.05) is 0 Å². The summed E-state index contributed by atoms with van der Waals surface area (Å²) in [6.07, 6.45) is 9.27. The Labute approximate surface area is 64.6 Å². The zero-order chi connectivity index (χ0) is 7.82. The van der Waals surface area contributed by atoms with Crippen LogP contribution in [0.1, 0.15) is 39.5 Å². The van der Waals surface area contributed by atoms with Gasteiger partial charge in [0.2, 0.25) is 0 Å². The summed E-state index contributed by atoms with van der Waals surface area (Å²) in [7, 11) is 0. The average Bonchev–Trinajstić information content (AvgIpc) is 1.87. The van der Waals surface area contributed by atoms with Gasteiger partial charge in [0, 0.05) is 0 Å². The van der Waals surface area contributed by atoms with E-state index in [9.17, 15) is 0 Å². The quantitative estimate of drug-likeness (QED) is 0.401. The Kier molecular flexibility index (Phi) is 6.25. The summed E-state index contributed by atoms with van der Waals surface area (Å²) in [4.78, 5) is 0. The van der Waals surface area contributed by atoms with Crippen molar-refractivity contribution in [2.24, 2.45) is 0 Å². The lowest BCUT2D eigenvalue weighted by Gasteiger charge is -1.93. The Morgan fingerprint density at radius 2 is 2.10 bits per heavy atom. The molecule has 0 rings (SSSR count). The fourth-order valence-electron chi connectivity index (χ4n) is 0.806. The van der Waals surface area contributed by atoms with Crippen LogP contribution in [0, 0.1) is 0 Å². The molecule has 0 aliphatic heterocycles. The molecule has 0 bridgehead atoms. The number of rotatable bonds is 5. The van der Waals surface area contributed by atoms with Gasteiger partial charge >= 0.3 is 0 Å². The van der Waals surface area contributed by atoms with Crippen LogP contribution in [0.15, 0.2) is 24.3 Å². The molecule has 0 aliphatic carbocycles. The summed E-state index contributed by atoms with van der Waals surface area (Å²) in [6.45, 7) is 8.10. The van der Waals surface area contributed by atoms with Crippen molar-refractivity contribution in [3.05, 3.63) is 24.3 Å². The normalized spacial score (nSPS) is 10.6. The summed E-state index contributed by atoms with van der Waals surface area (Å²) in [6, 6.07) is 0. The monoisotopic (exact) mass is 138 g/mol. The van der Waals surface area contributed by atoms with Crippen molar-refractivity contribution in [1.29, 1.82) is 0 Å². The van der Waals surface area contributed by atoms with Gasteiger partial charge in [-0.3, -0.25) is 0 Å². The molecule has 0 heterocycles. The van der Waals surface area contributed by atoms with Crippen LogP contribution in [0.5, 0.6) is 0 Å². The summed E-state index contributed by atoms with van der Waals surface area (Å²) in [5, 5.41) is 0. The van der Waals surface area contributed by atoms with E-state index in [0.717, 1.165) is 6.42 Å². The van der Waals surface area contributed by atoms with E-state index in [2.05, 4.69) is 32.6 Å². The largest absolute Gasteiger partial charge is 0.100 e. The molecule has 0 saturated carbocycles. The predicted molar refractivity (Wildman–Crippen MR) is 48.1 cm³/mol. The van der Waals surface area contributed by atoms with E-state index in [1.807, 2.05) is 0 Å². The van der Waals surface area contributed by atoms with Crippen molar-refractivity contribution in [2.45, 2.75) is 39.5 Å². The van der Waals surface area contributed by atoms with Gasteiger partial charge in [0.1, 0.15) is 0 Å². The molecule has 0 saturated heterocycles. The van der Waals surface area contributed by atoms with Gasteiger partial charge < -0.3 is 0 Å². The summed E-state index contributed by atoms with van der Waals surface area (Å²) < 4.78 is 0. The SMILES string of the molecule is C=C(C)CCC/C=C\CC. The van der Waals surface area contributed by atoms with Crippen LogP contribution >= 0.6 is 0 Å². The standard InChI is InChI=1S/C10H18/c1-4-5-6-7-8-9-10(2)3/h5-6H,2,4,7-9H2,1,3H3/b6-5-. The molecule has 10 heavy (non-hydrogen) atoms. The second kappa shape index (κ2) is 6.60. The van der Waals surface area contributed by atoms with E-state index in [4.69, 9.17) is 0 Å². The van der Waals surface area contributed by atoms with Crippen molar-refractivity contribution in [1.82, 2.24) is 0 Å². The van der Waals surface area contributed by atoms with Crippen LogP contribution in [0.4, 0.5) is 0 Å². The molecular weight excluding hydrogens is 120 g/mol. The highest BCUT2D eigenvalue weighted by Gasteiger charge is 1.83. The molecule has 0 heteroatoms. The molecule has 0 radical (unpaired) electrons. The molecule has 0 amide bonds. The fourth-order valence-corrected chi connectivity index (χ4v) is 0.806. The topological polar surface area (TPSA) is 0 Å². The van der Waals surface area contributed by atoms with E-state index in [1.165, 1.54) is 24.8 Å². The number of allylic oxidation sites excluding steroid dienone is 3. The van der Waals surface area contributed by atoms with Gasteiger partial charge in [-0.1, -0.05) is 24.6 Å². The van der Waals surface area contributed by atoms with Crippen molar-refractivity contribution < 1.29 is 0 Å². The lowest BCUT2D eigenvalue weighted by Crippen LogP contribution is -1.73. The molecule has 0 spiro atoms. The molecule has 0 nitrogen and oxygen atoms in total. The van der Waals surface area contributed by atoms with Gasteiger partial charge in [0.15, 0.2) is 0 Å². The Morgan fingerprint density at radius 3 is 2.60 bits per heavy atom. The molecule has 0 N–H and O–H groups in total. The third kappa shape index (κ3) is 7.48. The minimum absolute atomic E-state index is 1.16. The Morgan fingerprint density at radius 1 is 1.40 bits per heavy atom. The van der Waals surface area contributed by atoms with Gasteiger partial charge in [-0.2, -0.15) is 0 Å². The number of hydrogen-bond acceptors (Lipinski definition) is 0. The van der Waals surface area contributed by atoms with E-state index in [1.54, 1.807) is 0 Å². The highest BCUT2D eigenvalue weighted by molar-refractivity contribution is 4.89. The second-order valence-corrected chi connectivity index (χ2v) is 2.73. The Hall–Kier alpha value is -0.520. The van der Waals surface area contributed by atoms with Crippen molar-refractivity contribution in [3.8, 4) is 0 Å². The first kappa shape index (κ1) is 9.48. The van der Waals surface area contributed by atoms with Crippen molar-refractivity contribution in [3.63, 3.8) is 0 Å². The first-order chi connectivity index (χ1) is 4.77. The molecule has 0 aromatic heterocycles. The highest BCUT2D eigenvalue weighted by atomic mass is 13.9. The van der Waals surface area contributed by atoms with Gasteiger partial charge in [-0.25, -0.2) is 0 Å². The smallest absolute Gasteiger partial charge is 0.0323 e. The van der Waals surface area contributed by atoms with Crippen LogP contribution in [0.2, 0.25) is 0 Å². The zero-order valence-electron chi connectivity index (χ0n) is 7.19. The third-order valence-electron chi connectivity index (χ3n) is 1.38. The van der Waals surface area contributed by atoms with E-state index in [-0.39, 0.29) is 0 Å². The lowest BCUT2D eigenvalue weighted by atomic mass is 10.1. The first-order valence-corrected chi connectivity index (χ1v) is 4.06. The highest BCUT2D eigenvalue weighted by Crippen LogP contribution is 2.03. The maximum absolute atomic E-state index is 3.85. The first-order valence-electron chi connectivity index (χ1n) is 4.06. The summed E-state index contributed by atoms with van der Waals surface area (Å²) in [5.41, 5.74) is 1.30. The lowest BCUT2D eigenvalue weighted by molar-refractivity contribution is 0.832. The van der Waals surface area contributed by atoms with E-state index < -0.39 is 0 Å². The minimum Gasteiger partial charge on any atom is -0.100 e. The molecule has 0 atom stereocenters. The van der Waals surface area contributed by atoms with Gasteiger partial charge in [0.05, 0.1) is 0 Å². The fraction of sp³-hybridized carbons (Fsp3) is 0.600. The summed E-state index contributed by atoms with van der Waals surface area (Å²) >= 11 is 0. The predicted octanol–water partition coefficient (Wildman–Crippen LogP) is 3.70. The molecule has 58 valence electrons. The van der Waals surface area contributed by atoms with Crippen LogP contribution in [-0.4, -0.2) is 0 Å². The van der Waals surface area contributed by atoms with E-state index in [0.29, 0.717) is 0 Å². The van der Waals surface area contributed by atoms with Gasteiger partial charge in [0.25, 0.3) is 0 Å². The molecule has 0 aromatic rings. The van der Waals surface area contributed by atoms with Crippen LogP contribution in [0.25, 0.3) is 0 Å². The second-order valence-electron chi connectivity index (χ2n) is 2.73. The number of unbranched alkanes of at least 4 members (excludes halogenated alkanes) is 1. The molecule has 0 aliphatic rings. The average molecular weight is 138 g/mol. The third-order valence-corrected chi connectivity index (χ3v) is 1.38. The minimum atomic E-state index is 1.16. The Bertz CT molecular complexity index is 109. The number of hydrogen-bond donors (Lipinski definition) is 0. The molecular formula is C10H18. The zero-order valence-corrected chi connectivity index (χ0v) is 7.19. The van der Waals surface area contributed by atoms with Gasteiger partial charge in [-0.05, 0) is 32.6 Å². The molecule has 0 unspecified atom stereocenters. The summed E-state index contributed by atoms with van der Waals surface area (Å²) in [5.74, 6) is 0. The maximum Gasteiger partial charge on any atom is -0.0323 e. The van der Waals surface area contributed by atoms with Gasteiger partial charge in [-0.15, -0.1) is 6.58 Å². The maximum atomic E-state index is 3.85. The Balaban J connectivity index is 3.05. The van der Waals surface area contributed by atoms with Crippen LogP contribution in [0.3, 0.4) is 0 Å². The van der Waals surface area contributed by atoms with Crippen molar-refractivity contribution >= 4 is 0 Å². The van der Waals surface area contributed by atoms with Crippen LogP contribution < -0.4 is 0 Å². The van der Waals surface area contributed by atoms with E-state index >= 15 is 0 Å². The van der Waals surface area contributed by atoms with Crippen LogP contribution in [-0.2, 0) is 0 Å².